The van der Waals surface area contributed by atoms with Gasteiger partial charge >= 0.3 is 6.18 Å². The summed E-state index contributed by atoms with van der Waals surface area (Å²) in [5.74, 6) is 0.287. The zero-order chi connectivity index (χ0) is 19.1. The van der Waals surface area contributed by atoms with Crippen molar-refractivity contribution in [1.29, 1.82) is 0 Å². The predicted molar refractivity (Wildman–Crippen MR) is 103 cm³/mol. The SMILES string of the molecule is NC(=Nc1cc(Br)ccc1Br)N1CCS(=O)c2ccc(C(F)(F)F)cc21. The lowest BCUT2D eigenvalue weighted by Gasteiger charge is -2.30. The van der Waals surface area contributed by atoms with Crippen LogP contribution in [0.25, 0.3) is 0 Å². The molecule has 0 bridgehead atoms. The van der Waals surface area contributed by atoms with Gasteiger partial charge in [-0.25, -0.2) is 4.99 Å². The summed E-state index contributed by atoms with van der Waals surface area (Å²) in [6.45, 7) is 0.210. The Morgan fingerprint density at radius 1 is 1.19 bits per heavy atom. The summed E-state index contributed by atoms with van der Waals surface area (Å²) in [4.78, 5) is 6.10. The highest BCUT2D eigenvalue weighted by Gasteiger charge is 2.33. The fourth-order valence-corrected chi connectivity index (χ4v) is 4.37. The molecule has 138 valence electrons. The molecule has 3 rings (SSSR count). The molecule has 0 amide bonds. The number of hydrogen-bond acceptors (Lipinski definition) is 2. The van der Waals surface area contributed by atoms with Crippen molar-refractivity contribution in [2.75, 3.05) is 17.2 Å². The van der Waals surface area contributed by atoms with E-state index < -0.39 is 22.5 Å². The predicted octanol–water partition coefficient (Wildman–Crippen LogP) is 4.80. The Kier molecular flexibility index (Phi) is 5.45. The molecule has 1 heterocycles. The molecule has 0 aliphatic carbocycles. The van der Waals surface area contributed by atoms with Crippen LogP contribution in [0.3, 0.4) is 0 Å². The lowest BCUT2D eigenvalue weighted by molar-refractivity contribution is -0.137. The molecule has 2 aromatic carbocycles. The van der Waals surface area contributed by atoms with Gasteiger partial charge in [-0.3, -0.25) is 4.21 Å². The number of halogens is 5. The van der Waals surface area contributed by atoms with Crippen LogP contribution in [0.4, 0.5) is 24.5 Å². The first-order valence-corrected chi connectivity index (χ1v) is 10.2. The topological polar surface area (TPSA) is 58.7 Å². The van der Waals surface area contributed by atoms with E-state index in [0.717, 1.165) is 16.6 Å². The van der Waals surface area contributed by atoms with Gasteiger partial charge in [-0.05, 0) is 52.3 Å². The van der Waals surface area contributed by atoms with Crippen molar-refractivity contribution < 1.29 is 17.4 Å². The molecule has 1 aliphatic heterocycles. The average molecular weight is 511 g/mol. The summed E-state index contributed by atoms with van der Waals surface area (Å²) in [6, 6.07) is 8.45. The molecule has 1 aliphatic rings. The van der Waals surface area contributed by atoms with Crippen LogP contribution in [-0.4, -0.2) is 22.5 Å². The summed E-state index contributed by atoms with van der Waals surface area (Å²) in [7, 11) is -1.38. The van der Waals surface area contributed by atoms with E-state index in [1.165, 1.54) is 11.0 Å². The fourth-order valence-electron chi connectivity index (χ4n) is 2.49. The van der Waals surface area contributed by atoms with Crippen molar-refractivity contribution in [2.45, 2.75) is 11.1 Å². The number of alkyl halides is 3. The minimum Gasteiger partial charge on any atom is -0.369 e. The summed E-state index contributed by atoms with van der Waals surface area (Å²) in [6.07, 6.45) is -4.50. The van der Waals surface area contributed by atoms with Crippen LogP contribution in [-0.2, 0) is 17.0 Å². The Bertz CT molecular complexity index is 918. The first-order chi connectivity index (χ1) is 12.2. The second-order valence-electron chi connectivity index (χ2n) is 5.45. The highest BCUT2D eigenvalue weighted by Crippen LogP contribution is 2.37. The van der Waals surface area contributed by atoms with E-state index in [0.29, 0.717) is 15.1 Å². The molecular formula is C16H12Br2F3N3OS. The second-order valence-corrected chi connectivity index (χ2v) is 8.76. The van der Waals surface area contributed by atoms with Gasteiger partial charge in [0.2, 0.25) is 5.96 Å². The zero-order valence-electron chi connectivity index (χ0n) is 13.1. The van der Waals surface area contributed by atoms with Gasteiger partial charge in [0.15, 0.2) is 0 Å². The first kappa shape index (κ1) is 19.4. The van der Waals surface area contributed by atoms with E-state index in [1.54, 1.807) is 12.1 Å². The molecule has 1 atom stereocenters. The fraction of sp³-hybridized carbons (Fsp3) is 0.188. The standard InChI is InChI=1S/C16H12Br2F3N3OS/c17-10-2-3-11(18)12(8-10)23-15(22)24-5-6-26(25)14-4-1-9(7-13(14)24)16(19,20)21/h1-4,7-8H,5-6H2,(H2,22,23). The minimum atomic E-state index is -4.50. The molecule has 0 aromatic heterocycles. The number of benzene rings is 2. The summed E-state index contributed by atoms with van der Waals surface area (Å²) in [5.41, 5.74) is 5.94. The molecule has 2 aromatic rings. The van der Waals surface area contributed by atoms with Gasteiger partial charge in [0.1, 0.15) is 0 Å². The van der Waals surface area contributed by atoms with E-state index in [2.05, 4.69) is 36.9 Å². The number of fused-ring (bicyclic) bond motifs is 1. The molecule has 0 fully saturated rings. The van der Waals surface area contributed by atoms with Crippen LogP contribution in [0.15, 0.2) is 55.2 Å². The molecule has 0 saturated heterocycles. The molecule has 0 spiro atoms. The van der Waals surface area contributed by atoms with Crippen LogP contribution in [0.2, 0.25) is 0 Å². The number of nitrogens with two attached hydrogens (primary N) is 1. The Balaban J connectivity index is 2.07. The second kappa shape index (κ2) is 7.32. The third-order valence-electron chi connectivity index (χ3n) is 3.74. The Morgan fingerprint density at radius 2 is 1.92 bits per heavy atom. The maximum absolute atomic E-state index is 13.1. The molecule has 10 heteroatoms. The monoisotopic (exact) mass is 509 g/mol. The quantitative estimate of drug-likeness (QED) is 0.442. The van der Waals surface area contributed by atoms with Crippen molar-refractivity contribution >= 4 is 60.0 Å². The number of hydrogen-bond donors (Lipinski definition) is 1. The van der Waals surface area contributed by atoms with E-state index in [9.17, 15) is 17.4 Å². The summed E-state index contributed by atoms with van der Waals surface area (Å²) < 4.78 is 52.8. The Morgan fingerprint density at radius 3 is 2.62 bits per heavy atom. The van der Waals surface area contributed by atoms with Crippen LogP contribution in [0.5, 0.6) is 0 Å². The Hall–Kier alpha value is -1.39. The van der Waals surface area contributed by atoms with Gasteiger partial charge in [0.25, 0.3) is 0 Å². The van der Waals surface area contributed by atoms with Crippen LogP contribution < -0.4 is 10.6 Å². The number of guanidine groups is 1. The van der Waals surface area contributed by atoms with Crippen molar-refractivity contribution in [3.63, 3.8) is 0 Å². The first-order valence-electron chi connectivity index (χ1n) is 7.33. The van der Waals surface area contributed by atoms with Crippen molar-refractivity contribution in [2.24, 2.45) is 10.7 Å². The highest BCUT2D eigenvalue weighted by molar-refractivity contribution is 9.11. The van der Waals surface area contributed by atoms with Crippen LogP contribution in [0, 0.1) is 0 Å². The van der Waals surface area contributed by atoms with Crippen LogP contribution in [0.1, 0.15) is 5.56 Å². The maximum Gasteiger partial charge on any atom is 0.416 e. The third kappa shape index (κ3) is 3.96. The normalized spacial score (nSPS) is 18.0. The number of nitrogens with zero attached hydrogens (tertiary/aromatic N) is 2. The zero-order valence-corrected chi connectivity index (χ0v) is 17.0. The summed E-state index contributed by atoms with van der Waals surface area (Å²) >= 11 is 6.70. The maximum atomic E-state index is 13.1. The number of anilines is 1. The van der Waals surface area contributed by atoms with Gasteiger partial charge in [-0.1, -0.05) is 15.9 Å². The van der Waals surface area contributed by atoms with Gasteiger partial charge in [-0.15, -0.1) is 0 Å². The highest BCUT2D eigenvalue weighted by atomic mass is 79.9. The summed E-state index contributed by atoms with van der Waals surface area (Å²) in [5, 5.41) is 0. The van der Waals surface area contributed by atoms with Gasteiger partial charge in [-0.2, -0.15) is 13.2 Å². The largest absolute Gasteiger partial charge is 0.416 e. The van der Waals surface area contributed by atoms with E-state index in [-0.39, 0.29) is 23.9 Å². The van der Waals surface area contributed by atoms with E-state index >= 15 is 0 Å². The van der Waals surface area contributed by atoms with Gasteiger partial charge < -0.3 is 10.6 Å². The number of aliphatic imine (C=N–C) groups is 1. The molecular weight excluding hydrogens is 499 g/mol. The molecule has 1 unspecified atom stereocenters. The molecule has 2 N–H and O–H groups in total. The molecule has 4 nitrogen and oxygen atoms in total. The van der Waals surface area contributed by atoms with Crippen molar-refractivity contribution in [1.82, 2.24) is 0 Å². The smallest absolute Gasteiger partial charge is 0.369 e. The van der Waals surface area contributed by atoms with Crippen molar-refractivity contribution in [3.8, 4) is 0 Å². The third-order valence-corrected chi connectivity index (χ3v) is 6.30. The molecule has 26 heavy (non-hydrogen) atoms. The lowest BCUT2D eigenvalue weighted by Crippen LogP contribution is -2.43. The molecule has 0 radical (unpaired) electrons. The average Bonchev–Trinajstić information content (AvgIpc) is 2.57. The molecule has 0 saturated carbocycles. The van der Waals surface area contributed by atoms with E-state index in [1.807, 2.05) is 6.07 Å². The minimum absolute atomic E-state index is 0.0288. The van der Waals surface area contributed by atoms with Gasteiger partial charge in [0.05, 0.1) is 32.6 Å². The van der Waals surface area contributed by atoms with E-state index in [4.69, 9.17) is 5.73 Å². The number of rotatable bonds is 1. The van der Waals surface area contributed by atoms with Crippen molar-refractivity contribution in [3.05, 3.63) is 50.9 Å². The lowest BCUT2D eigenvalue weighted by atomic mass is 10.1. The Labute approximate surface area is 167 Å². The van der Waals surface area contributed by atoms with Gasteiger partial charge in [0, 0.05) is 21.2 Å². The van der Waals surface area contributed by atoms with Crippen LogP contribution >= 0.6 is 31.9 Å².